The third-order valence-electron chi connectivity index (χ3n) is 5.07. The van der Waals surface area contributed by atoms with Crippen LogP contribution in [0.4, 0.5) is 10.1 Å². The van der Waals surface area contributed by atoms with E-state index in [0.717, 1.165) is 31.5 Å². The smallest absolute Gasteiger partial charge is 0.255 e. The van der Waals surface area contributed by atoms with E-state index in [9.17, 15) is 19.1 Å². The molecule has 2 atom stereocenters. The second kappa shape index (κ2) is 9.62. The molecule has 6 nitrogen and oxygen atoms in total. The van der Waals surface area contributed by atoms with Gasteiger partial charge in [-0.05, 0) is 74.8 Å². The Balaban J connectivity index is 1.52. The Hall–Kier alpha value is -2.77. The molecule has 2 amide bonds. The van der Waals surface area contributed by atoms with Gasteiger partial charge in [-0.3, -0.25) is 9.59 Å². The van der Waals surface area contributed by atoms with Gasteiger partial charge < -0.3 is 20.6 Å². The third-order valence-corrected chi connectivity index (χ3v) is 5.07. The van der Waals surface area contributed by atoms with Gasteiger partial charge in [-0.15, -0.1) is 0 Å². The van der Waals surface area contributed by atoms with Crippen LogP contribution in [-0.2, 0) is 4.79 Å². The van der Waals surface area contributed by atoms with Gasteiger partial charge in [0.2, 0.25) is 0 Å². The van der Waals surface area contributed by atoms with Crippen molar-refractivity contribution in [2.45, 2.75) is 31.9 Å². The molecule has 7 heteroatoms. The van der Waals surface area contributed by atoms with Crippen LogP contribution in [0.15, 0.2) is 48.5 Å². The number of β-amino-alcohol motifs (C(OH)–C–C–N with tert-alkyl or cyclic N) is 1. The van der Waals surface area contributed by atoms with Gasteiger partial charge in [-0.2, -0.15) is 0 Å². The van der Waals surface area contributed by atoms with Gasteiger partial charge in [0.15, 0.2) is 0 Å². The normalized spacial score (nSPS) is 16.2. The van der Waals surface area contributed by atoms with Crippen LogP contribution in [0.3, 0.4) is 0 Å². The Morgan fingerprint density at radius 1 is 1.07 bits per heavy atom. The highest BCUT2D eigenvalue weighted by Crippen LogP contribution is 2.17. The molecule has 3 rings (SSSR count). The number of hydrogen-bond donors (Lipinski definition) is 3. The van der Waals surface area contributed by atoms with Crippen molar-refractivity contribution in [3.8, 4) is 0 Å². The Bertz CT molecular complexity index is 833. The second-order valence-corrected chi connectivity index (χ2v) is 7.34. The summed E-state index contributed by atoms with van der Waals surface area (Å²) >= 11 is 0. The lowest BCUT2D eigenvalue weighted by Gasteiger charge is -2.21. The van der Waals surface area contributed by atoms with E-state index < -0.39 is 17.8 Å². The van der Waals surface area contributed by atoms with E-state index in [1.54, 1.807) is 24.3 Å². The quantitative estimate of drug-likeness (QED) is 0.669. The van der Waals surface area contributed by atoms with Gasteiger partial charge in [-0.25, -0.2) is 4.39 Å². The number of amides is 2. The van der Waals surface area contributed by atoms with Crippen LogP contribution in [0, 0.1) is 5.82 Å². The fourth-order valence-electron chi connectivity index (χ4n) is 3.35. The summed E-state index contributed by atoms with van der Waals surface area (Å²) in [4.78, 5) is 26.5. The van der Waals surface area contributed by atoms with Crippen molar-refractivity contribution in [3.05, 3.63) is 65.5 Å². The fourth-order valence-corrected chi connectivity index (χ4v) is 3.35. The molecule has 1 aliphatic heterocycles. The number of carbonyl (C=O) groups is 2. The first-order valence-corrected chi connectivity index (χ1v) is 9.80. The number of carbonyl (C=O) groups excluding carboxylic acids is 2. The van der Waals surface area contributed by atoms with Crippen molar-refractivity contribution in [2.75, 3.05) is 25.0 Å². The molecule has 0 aliphatic carbocycles. The van der Waals surface area contributed by atoms with Gasteiger partial charge in [-0.1, -0.05) is 12.1 Å². The second-order valence-electron chi connectivity index (χ2n) is 7.34. The minimum Gasteiger partial charge on any atom is -0.382 e. The van der Waals surface area contributed by atoms with Crippen molar-refractivity contribution in [2.24, 2.45) is 0 Å². The van der Waals surface area contributed by atoms with E-state index in [0.29, 0.717) is 17.8 Å². The van der Waals surface area contributed by atoms with Gasteiger partial charge >= 0.3 is 0 Å². The molecule has 2 aromatic carbocycles. The molecule has 1 saturated heterocycles. The van der Waals surface area contributed by atoms with E-state index in [1.807, 2.05) is 6.92 Å². The van der Waals surface area contributed by atoms with Gasteiger partial charge in [0.05, 0.1) is 6.04 Å². The van der Waals surface area contributed by atoms with Gasteiger partial charge in [0, 0.05) is 17.8 Å². The van der Waals surface area contributed by atoms with Crippen LogP contribution >= 0.6 is 0 Å². The Kier molecular flexibility index (Phi) is 6.95. The van der Waals surface area contributed by atoms with Crippen LogP contribution in [0.25, 0.3) is 0 Å². The maximum Gasteiger partial charge on any atom is 0.255 e. The molecular weight excluding hydrogens is 373 g/mol. The number of nitrogens with one attached hydrogen (secondary N) is 2. The van der Waals surface area contributed by atoms with Crippen LogP contribution in [0.5, 0.6) is 0 Å². The van der Waals surface area contributed by atoms with Crippen molar-refractivity contribution in [1.82, 2.24) is 10.2 Å². The van der Waals surface area contributed by atoms with Crippen molar-refractivity contribution >= 4 is 17.5 Å². The number of rotatable bonds is 7. The number of aliphatic hydroxyl groups is 1. The lowest BCUT2D eigenvalue weighted by Crippen LogP contribution is -2.42. The van der Waals surface area contributed by atoms with Crippen LogP contribution < -0.4 is 10.6 Å². The molecule has 0 bridgehead atoms. The summed E-state index contributed by atoms with van der Waals surface area (Å²) in [6, 6.07) is 12.1. The molecule has 0 spiro atoms. The molecule has 154 valence electrons. The van der Waals surface area contributed by atoms with E-state index in [2.05, 4.69) is 15.5 Å². The Morgan fingerprint density at radius 2 is 1.69 bits per heavy atom. The summed E-state index contributed by atoms with van der Waals surface area (Å²) in [6.45, 7) is 4.04. The number of hydrogen-bond acceptors (Lipinski definition) is 4. The number of anilines is 1. The molecule has 2 unspecified atom stereocenters. The first-order valence-electron chi connectivity index (χ1n) is 9.80. The van der Waals surface area contributed by atoms with E-state index in [-0.39, 0.29) is 11.9 Å². The maximum absolute atomic E-state index is 13.0. The highest BCUT2D eigenvalue weighted by molar-refractivity contribution is 6.04. The van der Waals surface area contributed by atoms with Gasteiger partial charge in [0.1, 0.15) is 11.9 Å². The van der Waals surface area contributed by atoms with E-state index in [1.165, 1.54) is 24.3 Å². The van der Waals surface area contributed by atoms with Crippen molar-refractivity contribution in [3.63, 3.8) is 0 Å². The van der Waals surface area contributed by atoms with E-state index >= 15 is 0 Å². The molecule has 0 saturated carbocycles. The zero-order chi connectivity index (χ0) is 20.8. The largest absolute Gasteiger partial charge is 0.382 e. The van der Waals surface area contributed by atoms with Crippen molar-refractivity contribution in [1.29, 1.82) is 0 Å². The molecule has 2 aromatic rings. The summed E-state index contributed by atoms with van der Waals surface area (Å²) in [5.74, 6) is -1.12. The first kappa shape index (κ1) is 21.0. The molecule has 1 aliphatic rings. The summed E-state index contributed by atoms with van der Waals surface area (Å²) in [7, 11) is 0. The van der Waals surface area contributed by atoms with Crippen LogP contribution in [0.1, 0.15) is 41.7 Å². The average Bonchev–Trinajstić information content (AvgIpc) is 3.22. The molecule has 1 heterocycles. The SMILES string of the molecule is CC(NC(=O)C(O)CN1CCCC1)c1ccc(NC(=O)c2ccc(F)cc2)cc1. The summed E-state index contributed by atoms with van der Waals surface area (Å²) in [6.07, 6.45) is 1.16. The lowest BCUT2D eigenvalue weighted by molar-refractivity contribution is -0.130. The monoisotopic (exact) mass is 399 g/mol. The highest BCUT2D eigenvalue weighted by atomic mass is 19.1. The third kappa shape index (κ3) is 5.85. The summed E-state index contributed by atoms with van der Waals surface area (Å²) < 4.78 is 13.0. The zero-order valence-corrected chi connectivity index (χ0v) is 16.4. The lowest BCUT2D eigenvalue weighted by atomic mass is 10.1. The number of halogens is 1. The highest BCUT2D eigenvalue weighted by Gasteiger charge is 2.22. The minimum absolute atomic E-state index is 0.280. The Morgan fingerprint density at radius 3 is 2.31 bits per heavy atom. The molecular formula is C22H26FN3O3. The zero-order valence-electron chi connectivity index (χ0n) is 16.4. The first-order chi connectivity index (χ1) is 13.9. The molecule has 3 N–H and O–H groups in total. The molecule has 0 radical (unpaired) electrons. The van der Waals surface area contributed by atoms with E-state index in [4.69, 9.17) is 0 Å². The number of benzene rings is 2. The van der Waals surface area contributed by atoms with Gasteiger partial charge in [0.25, 0.3) is 11.8 Å². The molecule has 29 heavy (non-hydrogen) atoms. The minimum atomic E-state index is -1.05. The fraction of sp³-hybridized carbons (Fsp3) is 0.364. The van der Waals surface area contributed by atoms with Crippen LogP contribution in [0.2, 0.25) is 0 Å². The topological polar surface area (TPSA) is 81.7 Å². The summed E-state index contributed by atoms with van der Waals surface area (Å²) in [5.41, 5.74) is 1.81. The summed E-state index contributed by atoms with van der Waals surface area (Å²) in [5, 5.41) is 15.7. The maximum atomic E-state index is 13.0. The standard InChI is InChI=1S/C22H26FN3O3/c1-15(24-22(29)20(27)14-26-12-2-3-13-26)16-6-10-19(11-7-16)25-21(28)17-4-8-18(23)9-5-17/h4-11,15,20,27H,2-3,12-14H2,1H3,(H,24,29)(H,25,28). The molecule has 1 fully saturated rings. The predicted octanol–water partition coefficient (Wildman–Crippen LogP) is 2.71. The predicted molar refractivity (Wildman–Crippen MR) is 109 cm³/mol. The van der Waals surface area contributed by atoms with Crippen LogP contribution in [-0.4, -0.2) is 47.6 Å². The average molecular weight is 399 g/mol. The van der Waals surface area contributed by atoms with Crippen molar-refractivity contribution < 1.29 is 19.1 Å². The molecule has 0 aromatic heterocycles. The Labute approximate surface area is 169 Å². The number of aliphatic hydroxyl groups excluding tert-OH is 1. The number of likely N-dealkylation sites (tertiary alicyclic amines) is 1. The number of nitrogens with zero attached hydrogens (tertiary/aromatic N) is 1.